The maximum absolute atomic E-state index is 11.6. The first kappa shape index (κ1) is 18.2. The molecule has 0 amide bonds. The normalized spacial score (nSPS) is 13.0. The first-order chi connectivity index (χ1) is 11.4. The van der Waals surface area contributed by atoms with Crippen LogP contribution in [-0.4, -0.2) is 27.2 Å². The molecule has 0 radical (unpaired) electrons. The van der Waals surface area contributed by atoms with Crippen molar-refractivity contribution < 1.29 is 9.90 Å². The van der Waals surface area contributed by atoms with Crippen molar-refractivity contribution in [2.24, 2.45) is 5.41 Å². The van der Waals surface area contributed by atoms with E-state index in [1.54, 1.807) is 6.20 Å². The van der Waals surface area contributed by atoms with Crippen LogP contribution >= 0.6 is 0 Å². The summed E-state index contributed by atoms with van der Waals surface area (Å²) < 4.78 is 2.03. The summed E-state index contributed by atoms with van der Waals surface area (Å²) in [5, 5.41) is 12.9. The number of hydrogen-bond donors (Lipinski definition) is 2. The fourth-order valence-corrected chi connectivity index (χ4v) is 2.92. The molecule has 2 aromatic rings. The molecule has 24 heavy (non-hydrogen) atoms. The summed E-state index contributed by atoms with van der Waals surface area (Å²) in [5.41, 5.74) is 1.52. The number of aryl methyl sites for hydroxylation is 1. The van der Waals surface area contributed by atoms with Crippen LogP contribution in [0.3, 0.4) is 0 Å². The molecule has 130 valence electrons. The average Bonchev–Trinajstić information content (AvgIpc) is 3.02. The van der Waals surface area contributed by atoms with Crippen LogP contribution in [0, 0.1) is 12.3 Å². The van der Waals surface area contributed by atoms with E-state index in [-0.39, 0.29) is 6.04 Å². The lowest BCUT2D eigenvalue weighted by Gasteiger charge is -2.29. The number of hydrogen-bond acceptors (Lipinski definition) is 3. The smallest absolute Gasteiger partial charge is 0.310 e. The number of nitrogens with one attached hydrogen (secondary N) is 1. The van der Waals surface area contributed by atoms with Crippen molar-refractivity contribution in [1.82, 2.24) is 14.9 Å². The molecule has 1 aromatic carbocycles. The predicted molar refractivity (Wildman–Crippen MR) is 95.4 cm³/mol. The van der Waals surface area contributed by atoms with Crippen LogP contribution in [-0.2, 0) is 4.79 Å². The Hall–Kier alpha value is -2.14. The number of rotatable bonds is 8. The molecule has 0 aliphatic heterocycles. The lowest BCUT2D eigenvalue weighted by Crippen LogP contribution is -2.41. The maximum Gasteiger partial charge on any atom is 0.310 e. The van der Waals surface area contributed by atoms with E-state index in [1.807, 2.05) is 31.5 Å². The topological polar surface area (TPSA) is 67.2 Å². The summed E-state index contributed by atoms with van der Waals surface area (Å²) in [7, 11) is 0. The van der Waals surface area contributed by atoms with Gasteiger partial charge in [-0.15, -0.1) is 0 Å². The molecule has 0 aliphatic carbocycles. The van der Waals surface area contributed by atoms with Gasteiger partial charge in [0.1, 0.15) is 5.82 Å². The summed E-state index contributed by atoms with van der Waals surface area (Å²) >= 11 is 0. The molecule has 0 spiro atoms. The minimum Gasteiger partial charge on any atom is -0.481 e. The van der Waals surface area contributed by atoms with Crippen LogP contribution in [0.1, 0.15) is 51.0 Å². The quantitative estimate of drug-likeness (QED) is 0.774. The standard InChI is InChI=1S/C19H27N3O2/c1-5-19(6-2,18(23)24)13-21-14(3)16-7-9-17(10-8-16)22-12-11-20-15(22)4/h7-12,14,21H,5-6,13H2,1-4H3,(H,23,24). The molecule has 0 bridgehead atoms. The van der Waals surface area contributed by atoms with Crippen LogP contribution in [0.4, 0.5) is 0 Å². The van der Waals surface area contributed by atoms with Gasteiger partial charge < -0.3 is 15.0 Å². The zero-order valence-corrected chi connectivity index (χ0v) is 14.9. The Morgan fingerprint density at radius 1 is 1.29 bits per heavy atom. The van der Waals surface area contributed by atoms with Gasteiger partial charge in [0.05, 0.1) is 5.41 Å². The van der Waals surface area contributed by atoms with Crippen LogP contribution in [0.15, 0.2) is 36.7 Å². The van der Waals surface area contributed by atoms with Gasteiger partial charge in [-0.3, -0.25) is 4.79 Å². The number of aromatic nitrogens is 2. The van der Waals surface area contributed by atoms with Crippen LogP contribution < -0.4 is 5.32 Å². The number of nitrogens with zero attached hydrogens (tertiary/aromatic N) is 2. The first-order valence-electron chi connectivity index (χ1n) is 8.50. The minimum absolute atomic E-state index is 0.0970. The Kier molecular flexibility index (Phi) is 5.78. The molecule has 2 N–H and O–H groups in total. The molecule has 5 nitrogen and oxygen atoms in total. The molecule has 0 fully saturated rings. The third kappa shape index (κ3) is 3.67. The number of carboxylic acids is 1. The average molecular weight is 329 g/mol. The summed E-state index contributed by atoms with van der Waals surface area (Å²) in [4.78, 5) is 15.8. The monoisotopic (exact) mass is 329 g/mol. The van der Waals surface area contributed by atoms with E-state index in [0.29, 0.717) is 19.4 Å². The highest BCUT2D eigenvalue weighted by molar-refractivity contribution is 5.74. The molecule has 0 saturated carbocycles. The molecular weight excluding hydrogens is 302 g/mol. The molecule has 1 aromatic heterocycles. The third-order valence-electron chi connectivity index (χ3n) is 5.05. The summed E-state index contributed by atoms with van der Waals surface area (Å²) in [6.45, 7) is 8.38. The number of imidazole rings is 1. The Bertz CT molecular complexity index is 672. The van der Waals surface area contributed by atoms with Gasteiger partial charge in [-0.05, 0) is 44.4 Å². The largest absolute Gasteiger partial charge is 0.481 e. The molecule has 0 aliphatic rings. The van der Waals surface area contributed by atoms with E-state index in [2.05, 4.69) is 41.5 Å². The van der Waals surface area contributed by atoms with Gasteiger partial charge in [0.2, 0.25) is 0 Å². The Morgan fingerprint density at radius 2 is 1.92 bits per heavy atom. The zero-order chi connectivity index (χ0) is 17.7. The van der Waals surface area contributed by atoms with E-state index < -0.39 is 11.4 Å². The molecule has 0 saturated heterocycles. The van der Waals surface area contributed by atoms with E-state index in [4.69, 9.17) is 0 Å². The first-order valence-corrected chi connectivity index (χ1v) is 8.50. The van der Waals surface area contributed by atoms with Gasteiger partial charge in [0.15, 0.2) is 0 Å². The maximum atomic E-state index is 11.6. The lowest BCUT2D eigenvalue weighted by molar-refractivity contribution is -0.149. The fraction of sp³-hybridized carbons (Fsp3) is 0.474. The van der Waals surface area contributed by atoms with Gasteiger partial charge >= 0.3 is 5.97 Å². The summed E-state index contributed by atoms with van der Waals surface area (Å²) in [6, 6.07) is 8.37. The van der Waals surface area contributed by atoms with Crippen molar-refractivity contribution in [2.75, 3.05) is 6.54 Å². The van der Waals surface area contributed by atoms with Gasteiger partial charge in [-0.25, -0.2) is 4.98 Å². The van der Waals surface area contributed by atoms with Gasteiger partial charge in [0, 0.05) is 30.7 Å². The van der Waals surface area contributed by atoms with Crippen LogP contribution in [0.25, 0.3) is 5.69 Å². The van der Waals surface area contributed by atoms with Crippen molar-refractivity contribution in [2.45, 2.75) is 46.6 Å². The van der Waals surface area contributed by atoms with Crippen LogP contribution in [0.2, 0.25) is 0 Å². The summed E-state index contributed by atoms with van der Waals surface area (Å²) in [6.07, 6.45) is 4.97. The molecule has 1 atom stereocenters. The van der Waals surface area contributed by atoms with Crippen molar-refractivity contribution in [3.05, 3.63) is 48.0 Å². The van der Waals surface area contributed by atoms with Crippen molar-refractivity contribution >= 4 is 5.97 Å². The van der Waals surface area contributed by atoms with E-state index in [9.17, 15) is 9.90 Å². The predicted octanol–water partition coefficient (Wildman–Crippen LogP) is 3.72. The fourth-order valence-electron chi connectivity index (χ4n) is 2.92. The third-order valence-corrected chi connectivity index (χ3v) is 5.05. The molecule has 5 heteroatoms. The van der Waals surface area contributed by atoms with Crippen molar-refractivity contribution in [1.29, 1.82) is 0 Å². The Balaban J connectivity index is 2.06. The highest BCUT2D eigenvalue weighted by atomic mass is 16.4. The van der Waals surface area contributed by atoms with E-state index in [0.717, 1.165) is 17.1 Å². The Labute approximate surface area is 143 Å². The molecule has 2 rings (SSSR count). The molecule has 1 heterocycles. The van der Waals surface area contributed by atoms with Gasteiger partial charge in [-0.2, -0.15) is 0 Å². The van der Waals surface area contributed by atoms with Crippen molar-refractivity contribution in [3.8, 4) is 5.69 Å². The minimum atomic E-state index is -0.724. The Morgan fingerprint density at radius 3 is 2.38 bits per heavy atom. The van der Waals surface area contributed by atoms with E-state index in [1.165, 1.54) is 0 Å². The number of carboxylic acid groups (broad SMARTS) is 1. The second-order valence-electron chi connectivity index (χ2n) is 6.33. The highest BCUT2D eigenvalue weighted by Gasteiger charge is 2.34. The number of carbonyl (C=O) groups is 1. The SMILES string of the molecule is CCC(CC)(CNC(C)c1ccc(-n2ccnc2C)cc1)C(=O)O. The number of benzene rings is 1. The van der Waals surface area contributed by atoms with Crippen molar-refractivity contribution in [3.63, 3.8) is 0 Å². The highest BCUT2D eigenvalue weighted by Crippen LogP contribution is 2.27. The molecule has 1 unspecified atom stereocenters. The van der Waals surface area contributed by atoms with Gasteiger partial charge in [0.25, 0.3) is 0 Å². The lowest BCUT2D eigenvalue weighted by atomic mass is 9.82. The molecular formula is C19H27N3O2. The van der Waals surface area contributed by atoms with Gasteiger partial charge in [-0.1, -0.05) is 26.0 Å². The zero-order valence-electron chi connectivity index (χ0n) is 14.9. The second kappa shape index (κ2) is 7.62. The summed E-state index contributed by atoms with van der Waals surface area (Å²) in [5.74, 6) is 0.226. The van der Waals surface area contributed by atoms with E-state index >= 15 is 0 Å². The second-order valence-corrected chi connectivity index (χ2v) is 6.33. The van der Waals surface area contributed by atoms with Crippen LogP contribution in [0.5, 0.6) is 0 Å². The number of aliphatic carboxylic acids is 1.